The van der Waals surface area contributed by atoms with Gasteiger partial charge in [0.15, 0.2) is 5.78 Å². The van der Waals surface area contributed by atoms with Crippen LogP contribution in [0.2, 0.25) is 0 Å². The highest BCUT2D eigenvalue weighted by Crippen LogP contribution is 2.34. The second kappa shape index (κ2) is 11.0. The number of nitrogens with one attached hydrogen (secondary N) is 1. The number of Topliss-reactive ketones (excluding diaryl/α,β-unsaturated/α-hetero) is 1. The molecule has 2 N–H and O–H groups in total. The van der Waals surface area contributed by atoms with Crippen LogP contribution in [0.25, 0.3) is 0 Å². The fourth-order valence-corrected chi connectivity index (χ4v) is 4.99. The zero-order valence-corrected chi connectivity index (χ0v) is 20.6. The van der Waals surface area contributed by atoms with Gasteiger partial charge in [0.25, 0.3) is 0 Å². The summed E-state index contributed by atoms with van der Waals surface area (Å²) in [5, 5.41) is 15.2. The Morgan fingerprint density at radius 1 is 1.08 bits per heavy atom. The molecule has 11 heteroatoms. The molecule has 2 saturated heterocycles. The quantitative estimate of drug-likeness (QED) is 0.583. The molecule has 2 fully saturated rings. The number of rotatable bonds is 7. The van der Waals surface area contributed by atoms with E-state index in [9.17, 15) is 28.7 Å². The van der Waals surface area contributed by atoms with Gasteiger partial charge in [-0.15, -0.1) is 0 Å². The summed E-state index contributed by atoms with van der Waals surface area (Å²) in [4.78, 5) is 52.6. The molecule has 2 heterocycles. The summed E-state index contributed by atoms with van der Waals surface area (Å²) >= 11 is 0. The topological polar surface area (TPSA) is 119 Å². The van der Waals surface area contributed by atoms with E-state index in [-0.39, 0.29) is 31.7 Å². The molecule has 1 unspecified atom stereocenters. The molecule has 2 aromatic rings. The minimum atomic E-state index is -1.22. The number of nitrogens with zero attached hydrogens (tertiary/aromatic N) is 3. The number of carbonyl (C=O) groups is 4. The Morgan fingerprint density at radius 3 is 2.35 bits per heavy atom. The van der Waals surface area contributed by atoms with Gasteiger partial charge in [-0.1, -0.05) is 24.3 Å². The molecule has 0 aliphatic carbocycles. The van der Waals surface area contributed by atoms with Crippen molar-refractivity contribution in [3.63, 3.8) is 0 Å². The number of carbonyl (C=O) groups excluding carboxylic acids is 3. The number of carboxylic acids is 1. The predicted molar refractivity (Wildman–Crippen MR) is 130 cm³/mol. The molecule has 3 atom stereocenters. The number of carboxylic acid groups (broad SMARTS) is 1. The van der Waals surface area contributed by atoms with Gasteiger partial charge in [-0.2, -0.15) is 0 Å². The zero-order chi connectivity index (χ0) is 26.7. The molecule has 2 aliphatic heterocycles. The molecule has 2 aliphatic rings. The van der Waals surface area contributed by atoms with Crippen LogP contribution < -0.4 is 10.1 Å². The predicted octanol–water partition coefficient (Wildman–Crippen LogP) is 2.04. The standard InChI is InChI=1S/C26H29FN4O6/c1-29-15-23(32)30-21(13-24(33)34)25(35)18(11-16-3-7-19(27)8-4-16)12-22(30)31(29)26(36)28-14-17-5-9-20(37-2)10-6-17/h3-10,18,21-22H,11-15H2,1-2H3,(H,28,36)(H,33,34)/t18?,21-,22-/m0/s1. The minimum Gasteiger partial charge on any atom is -0.497 e. The van der Waals surface area contributed by atoms with Gasteiger partial charge in [0.05, 0.1) is 20.1 Å². The van der Waals surface area contributed by atoms with E-state index < -0.39 is 48.3 Å². The van der Waals surface area contributed by atoms with Crippen LogP contribution in [-0.4, -0.2) is 76.6 Å². The SMILES string of the molecule is COc1ccc(CNC(=O)N2[C@H]3CC(Cc4ccc(F)cc4)C(=O)[C@H](CC(=O)O)N3C(=O)CN2C)cc1. The lowest BCUT2D eigenvalue weighted by atomic mass is 9.81. The van der Waals surface area contributed by atoms with Crippen LogP contribution in [0.5, 0.6) is 5.75 Å². The summed E-state index contributed by atoms with van der Waals surface area (Å²) in [5.74, 6) is -2.41. The van der Waals surface area contributed by atoms with Crippen molar-refractivity contribution in [2.24, 2.45) is 5.92 Å². The van der Waals surface area contributed by atoms with E-state index in [1.807, 2.05) is 12.1 Å². The number of amides is 3. The van der Waals surface area contributed by atoms with Crippen molar-refractivity contribution < 1.29 is 33.4 Å². The van der Waals surface area contributed by atoms with Crippen molar-refractivity contribution in [2.45, 2.75) is 38.0 Å². The van der Waals surface area contributed by atoms with Crippen molar-refractivity contribution in [1.29, 1.82) is 0 Å². The van der Waals surface area contributed by atoms with Crippen LogP contribution in [-0.2, 0) is 27.3 Å². The van der Waals surface area contributed by atoms with E-state index >= 15 is 0 Å². The third kappa shape index (κ3) is 5.72. The highest BCUT2D eigenvalue weighted by atomic mass is 19.1. The third-order valence-corrected chi connectivity index (χ3v) is 6.76. The highest BCUT2D eigenvalue weighted by Gasteiger charge is 2.51. The van der Waals surface area contributed by atoms with Gasteiger partial charge in [0.2, 0.25) is 5.91 Å². The van der Waals surface area contributed by atoms with Crippen molar-refractivity contribution in [3.8, 4) is 5.75 Å². The smallest absolute Gasteiger partial charge is 0.334 e. The number of ketones is 1. The number of likely N-dealkylation sites (N-methyl/N-ethyl adjacent to an activating group) is 1. The molecule has 10 nitrogen and oxygen atoms in total. The number of piperidine rings is 1. The summed E-state index contributed by atoms with van der Waals surface area (Å²) < 4.78 is 18.5. The molecule has 196 valence electrons. The van der Waals surface area contributed by atoms with E-state index in [1.54, 1.807) is 38.4 Å². The number of hydrogen-bond acceptors (Lipinski definition) is 6. The number of benzene rings is 2. The van der Waals surface area contributed by atoms with Gasteiger partial charge in [-0.05, 0) is 48.2 Å². The van der Waals surface area contributed by atoms with Crippen LogP contribution in [0, 0.1) is 11.7 Å². The number of hydrazine groups is 1. The van der Waals surface area contributed by atoms with Gasteiger partial charge in [-0.25, -0.2) is 19.2 Å². The molecule has 0 spiro atoms. The second-order valence-corrected chi connectivity index (χ2v) is 9.23. The Hall–Kier alpha value is -3.99. The molecular formula is C26H29FN4O6. The van der Waals surface area contributed by atoms with Gasteiger partial charge >= 0.3 is 12.0 Å². The number of hydrogen-bond donors (Lipinski definition) is 2. The van der Waals surface area contributed by atoms with Crippen LogP contribution in [0.1, 0.15) is 24.0 Å². The highest BCUT2D eigenvalue weighted by molar-refractivity contribution is 5.96. The third-order valence-electron chi connectivity index (χ3n) is 6.76. The van der Waals surface area contributed by atoms with E-state index in [4.69, 9.17) is 4.74 Å². The summed E-state index contributed by atoms with van der Waals surface area (Å²) in [6, 6.07) is 11.2. The van der Waals surface area contributed by atoms with Crippen molar-refractivity contribution in [3.05, 3.63) is 65.5 Å². The number of fused-ring (bicyclic) bond motifs is 1. The van der Waals surface area contributed by atoms with Crippen molar-refractivity contribution in [1.82, 2.24) is 20.2 Å². The number of urea groups is 1. The van der Waals surface area contributed by atoms with E-state index in [2.05, 4.69) is 5.32 Å². The summed E-state index contributed by atoms with van der Waals surface area (Å²) in [6.07, 6.45) is -1.06. The lowest BCUT2D eigenvalue weighted by Gasteiger charge is -2.53. The van der Waals surface area contributed by atoms with Crippen molar-refractivity contribution in [2.75, 3.05) is 20.7 Å². The molecule has 0 radical (unpaired) electrons. The largest absolute Gasteiger partial charge is 0.497 e. The van der Waals surface area contributed by atoms with Gasteiger partial charge in [0, 0.05) is 19.5 Å². The lowest BCUT2D eigenvalue weighted by molar-refractivity contribution is -0.183. The fourth-order valence-electron chi connectivity index (χ4n) is 4.99. The first-order valence-corrected chi connectivity index (χ1v) is 11.9. The molecule has 0 saturated carbocycles. The maximum absolute atomic E-state index is 13.4. The maximum atomic E-state index is 13.4. The minimum absolute atomic E-state index is 0.123. The molecule has 0 aromatic heterocycles. The Labute approximate surface area is 213 Å². The van der Waals surface area contributed by atoms with Crippen LogP contribution in [0.15, 0.2) is 48.5 Å². The van der Waals surface area contributed by atoms with Gasteiger partial charge in [0.1, 0.15) is 23.8 Å². The van der Waals surface area contributed by atoms with E-state index in [1.165, 1.54) is 27.1 Å². The summed E-state index contributed by atoms with van der Waals surface area (Å²) in [6.45, 7) is 0.0306. The van der Waals surface area contributed by atoms with E-state index in [0.717, 1.165) is 5.56 Å². The fraction of sp³-hybridized carbons (Fsp3) is 0.385. The van der Waals surface area contributed by atoms with Gasteiger partial charge in [-0.3, -0.25) is 14.4 Å². The zero-order valence-electron chi connectivity index (χ0n) is 20.6. The molecule has 3 amide bonds. The maximum Gasteiger partial charge on any atom is 0.334 e. The number of ether oxygens (including phenoxy) is 1. The Morgan fingerprint density at radius 2 is 1.73 bits per heavy atom. The average molecular weight is 513 g/mol. The number of aliphatic carboxylic acids is 1. The second-order valence-electron chi connectivity index (χ2n) is 9.23. The number of halogens is 1. The van der Waals surface area contributed by atoms with Crippen LogP contribution >= 0.6 is 0 Å². The first kappa shape index (κ1) is 26.1. The normalized spacial score (nSPS) is 22.0. The molecular weight excluding hydrogens is 483 g/mol. The van der Waals surface area contributed by atoms with Crippen LogP contribution in [0.3, 0.4) is 0 Å². The first-order chi connectivity index (χ1) is 17.7. The summed E-state index contributed by atoms with van der Waals surface area (Å²) in [7, 11) is 3.16. The molecule has 0 bridgehead atoms. The van der Waals surface area contributed by atoms with Crippen LogP contribution in [0.4, 0.5) is 9.18 Å². The Kier molecular flexibility index (Phi) is 7.72. The Bertz CT molecular complexity index is 1170. The monoisotopic (exact) mass is 512 g/mol. The first-order valence-electron chi connectivity index (χ1n) is 11.9. The van der Waals surface area contributed by atoms with Gasteiger partial charge < -0.3 is 20.1 Å². The summed E-state index contributed by atoms with van der Waals surface area (Å²) in [5.41, 5.74) is 1.53. The molecule has 4 rings (SSSR count). The number of methoxy groups -OCH3 is 1. The molecule has 37 heavy (non-hydrogen) atoms. The van der Waals surface area contributed by atoms with E-state index in [0.29, 0.717) is 11.3 Å². The Balaban J connectivity index is 1.58. The van der Waals surface area contributed by atoms with Crippen molar-refractivity contribution >= 4 is 23.7 Å². The lowest BCUT2D eigenvalue weighted by Crippen LogP contribution is -2.73. The molecule has 2 aromatic carbocycles. The average Bonchev–Trinajstić information content (AvgIpc) is 2.86.